The van der Waals surface area contributed by atoms with Gasteiger partial charge in [-0.3, -0.25) is 0 Å². The summed E-state index contributed by atoms with van der Waals surface area (Å²) in [5, 5.41) is 9.78. The smallest absolute Gasteiger partial charge is 0.0821 e. The fraction of sp³-hybridized carbons (Fsp3) is 0.600. The van der Waals surface area contributed by atoms with Crippen LogP contribution in [0.3, 0.4) is 0 Å². The molecular weight excluding hydrogens is 212 g/mol. The van der Waals surface area contributed by atoms with Crippen LogP contribution in [0.15, 0.2) is 30.3 Å². The third-order valence-corrected chi connectivity index (χ3v) is 2.87. The lowest BCUT2D eigenvalue weighted by molar-refractivity contribution is -0.0207. The van der Waals surface area contributed by atoms with E-state index in [2.05, 4.69) is 24.3 Å². The van der Waals surface area contributed by atoms with Crippen LogP contribution in [0, 0.1) is 5.41 Å². The van der Waals surface area contributed by atoms with E-state index in [4.69, 9.17) is 4.74 Å². The number of rotatable bonds is 6. The fourth-order valence-corrected chi connectivity index (χ4v) is 1.47. The average Bonchev–Trinajstić information content (AvgIpc) is 2.28. The minimum Gasteiger partial charge on any atom is -0.390 e. The monoisotopic (exact) mass is 236 g/mol. The van der Waals surface area contributed by atoms with Crippen LogP contribution in [0.1, 0.15) is 32.8 Å². The fourth-order valence-electron chi connectivity index (χ4n) is 1.47. The van der Waals surface area contributed by atoms with E-state index in [1.807, 2.05) is 26.8 Å². The maximum Gasteiger partial charge on any atom is 0.0821 e. The number of hydrogen-bond donors (Lipinski definition) is 1. The van der Waals surface area contributed by atoms with Crippen molar-refractivity contribution < 1.29 is 9.84 Å². The summed E-state index contributed by atoms with van der Waals surface area (Å²) in [5.41, 5.74) is 1.24. The molecule has 2 heteroatoms. The van der Waals surface area contributed by atoms with Gasteiger partial charge in [-0.25, -0.2) is 0 Å². The maximum absolute atomic E-state index is 9.78. The Labute approximate surface area is 105 Å². The molecule has 1 rings (SSSR count). The Morgan fingerprint density at radius 1 is 1.18 bits per heavy atom. The Bertz CT molecular complexity index is 300. The highest BCUT2D eigenvalue weighted by Crippen LogP contribution is 2.19. The molecule has 1 aromatic carbocycles. The van der Waals surface area contributed by atoms with Crippen molar-refractivity contribution in [2.75, 3.05) is 13.2 Å². The molecule has 0 bridgehead atoms. The SMILES string of the molecule is CC(C)(C)C(O)COCCCc1ccccc1. The molecule has 0 spiro atoms. The lowest BCUT2D eigenvalue weighted by atomic mass is 9.90. The van der Waals surface area contributed by atoms with Crippen molar-refractivity contribution in [2.24, 2.45) is 5.41 Å². The molecule has 1 atom stereocenters. The molecule has 0 aliphatic heterocycles. The van der Waals surface area contributed by atoms with Crippen molar-refractivity contribution in [2.45, 2.75) is 39.7 Å². The van der Waals surface area contributed by atoms with E-state index in [0.717, 1.165) is 12.8 Å². The van der Waals surface area contributed by atoms with Gasteiger partial charge in [0, 0.05) is 6.61 Å². The van der Waals surface area contributed by atoms with Crippen molar-refractivity contribution in [1.29, 1.82) is 0 Å². The third kappa shape index (κ3) is 5.85. The van der Waals surface area contributed by atoms with Gasteiger partial charge in [0.15, 0.2) is 0 Å². The van der Waals surface area contributed by atoms with Crippen molar-refractivity contribution in [3.63, 3.8) is 0 Å². The largest absolute Gasteiger partial charge is 0.390 e. The first-order valence-corrected chi connectivity index (χ1v) is 6.30. The number of benzene rings is 1. The number of ether oxygens (including phenoxy) is 1. The highest BCUT2D eigenvalue weighted by molar-refractivity contribution is 5.14. The zero-order valence-electron chi connectivity index (χ0n) is 11.1. The van der Waals surface area contributed by atoms with Gasteiger partial charge in [-0.1, -0.05) is 51.1 Å². The summed E-state index contributed by atoms with van der Waals surface area (Å²) in [6.07, 6.45) is 1.65. The summed E-state index contributed by atoms with van der Waals surface area (Å²) in [7, 11) is 0. The molecule has 2 nitrogen and oxygen atoms in total. The Kier molecular flexibility index (Phi) is 5.66. The molecule has 1 N–H and O–H groups in total. The topological polar surface area (TPSA) is 29.5 Å². The Balaban J connectivity index is 2.09. The minimum absolute atomic E-state index is 0.0978. The van der Waals surface area contributed by atoms with Crippen LogP contribution in [0.5, 0.6) is 0 Å². The second kappa shape index (κ2) is 6.77. The molecule has 0 saturated carbocycles. The van der Waals surface area contributed by atoms with Gasteiger partial charge in [0.05, 0.1) is 12.7 Å². The zero-order chi connectivity index (χ0) is 12.7. The first-order chi connectivity index (χ1) is 8.00. The van der Waals surface area contributed by atoms with Crippen molar-refractivity contribution in [3.05, 3.63) is 35.9 Å². The first-order valence-electron chi connectivity index (χ1n) is 6.30. The average molecular weight is 236 g/mol. The van der Waals surface area contributed by atoms with E-state index >= 15 is 0 Å². The summed E-state index contributed by atoms with van der Waals surface area (Å²) in [6.45, 7) is 7.20. The van der Waals surface area contributed by atoms with E-state index in [9.17, 15) is 5.11 Å². The molecule has 1 unspecified atom stereocenters. The second-order valence-electron chi connectivity index (χ2n) is 5.55. The molecule has 0 aliphatic carbocycles. The quantitative estimate of drug-likeness (QED) is 0.769. The van der Waals surface area contributed by atoms with Gasteiger partial charge < -0.3 is 9.84 Å². The summed E-state index contributed by atoms with van der Waals surface area (Å²) in [4.78, 5) is 0. The van der Waals surface area contributed by atoms with Crippen LogP contribution >= 0.6 is 0 Å². The predicted octanol–water partition coefficient (Wildman–Crippen LogP) is 3.04. The molecule has 0 heterocycles. The van der Waals surface area contributed by atoms with Crippen molar-refractivity contribution >= 4 is 0 Å². The molecule has 1 aromatic rings. The molecule has 0 aromatic heterocycles. The van der Waals surface area contributed by atoms with Crippen LogP contribution in [0.25, 0.3) is 0 Å². The first kappa shape index (κ1) is 14.2. The second-order valence-corrected chi connectivity index (χ2v) is 5.55. The highest BCUT2D eigenvalue weighted by Gasteiger charge is 2.21. The van der Waals surface area contributed by atoms with Gasteiger partial charge in [-0.2, -0.15) is 0 Å². The lowest BCUT2D eigenvalue weighted by Gasteiger charge is -2.25. The lowest BCUT2D eigenvalue weighted by Crippen LogP contribution is -2.30. The van der Waals surface area contributed by atoms with E-state index < -0.39 is 0 Å². The number of aliphatic hydroxyl groups excluding tert-OH is 1. The van der Waals surface area contributed by atoms with Gasteiger partial charge in [-0.15, -0.1) is 0 Å². The van der Waals surface area contributed by atoms with Crippen molar-refractivity contribution in [3.8, 4) is 0 Å². The highest BCUT2D eigenvalue weighted by atomic mass is 16.5. The molecule has 0 fully saturated rings. The molecule has 0 aliphatic rings. The normalized spacial score (nSPS) is 13.6. The number of hydrogen-bond acceptors (Lipinski definition) is 2. The molecule has 0 saturated heterocycles. The van der Waals surface area contributed by atoms with Crippen molar-refractivity contribution in [1.82, 2.24) is 0 Å². The number of aryl methyl sites for hydroxylation is 1. The zero-order valence-corrected chi connectivity index (χ0v) is 11.1. The van der Waals surface area contributed by atoms with Crippen LogP contribution in [-0.4, -0.2) is 24.4 Å². The minimum atomic E-state index is -0.390. The van der Waals surface area contributed by atoms with E-state index in [0.29, 0.717) is 13.2 Å². The summed E-state index contributed by atoms with van der Waals surface area (Å²) < 4.78 is 5.49. The van der Waals surface area contributed by atoms with Crippen LogP contribution < -0.4 is 0 Å². The van der Waals surface area contributed by atoms with Gasteiger partial charge >= 0.3 is 0 Å². The van der Waals surface area contributed by atoms with E-state index in [1.165, 1.54) is 5.56 Å². The molecule has 0 amide bonds. The molecule has 17 heavy (non-hydrogen) atoms. The molecule has 96 valence electrons. The predicted molar refractivity (Wildman–Crippen MR) is 71.0 cm³/mol. The van der Waals surface area contributed by atoms with Gasteiger partial charge in [0.25, 0.3) is 0 Å². The van der Waals surface area contributed by atoms with Crippen LogP contribution in [0.4, 0.5) is 0 Å². The van der Waals surface area contributed by atoms with Crippen LogP contribution in [0.2, 0.25) is 0 Å². The third-order valence-electron chi connectivity index (χ3n) is 2.87. The molecular formula is C15H24O2. The summed E-state index contributed by atoms with van der Waals surface area (Å²) >= 11 is 0. The maximum atomic E-state index is 9.78. The van der Waals surface area contributed by atoms with Gasteiger partial charge in [0.2, 0.25) is 0 Å². The summed E-state index contributed by atoms with van der Waals surface area (Å²) in [5.74, 6) is 0. The standard InChI is InChI=1S/C15H24O2/c1-15(2,3)14(16)12-17-11-7-10-13-8-5-4-6-9-13/h4-6,8-9,14,16H,7,10-12H2,1-3H3. The summed E-state index contributed by atoms with van der Waals surface area (Å²) in [6, 6.07) is 10.4. The van der Waals surface area contributed by atoms with Gasteiger partial charge in [0.1, 0.15) is 0 Å². The van der Waals surface area contributed by atoms with Crippen LogP contribution in [-0.2, 0) is 11.2 Å². The van der Waals surface area contributed by atoms with E-state index in [1.54, 1.807) is 0 Å². The Morgan fingerprint density at radius 3 is 2.41 bits per heavy atom. The van der Waals surface area contributed by atoms with Gasteiger partial charge in [-0.05, 0) is 23.8 Å². The molecule has 0 radical (unpaired) electrons. The Hall–Kier alpha value is -0.860. The van der Waals surface area contributed by atoms with E-state index in [-0.39, 0.29) is 11.5 Å². The Morgan fingerprint density at radius 2 is 1.82 bits per heavy atom. The number of aliphatic hydroxyl groups is 1.